The van der Waals surface area contributed by atoms with Crippen molar-refractivity contribution < 1.29 is 9.84 Å². The van der Waals surface area contributed by atoms with E-state index in [1.807, 2.05) is 12.1 Å². The predicted molar refractivity (Wildman–Crippen MR) is 56.0 cm³/mol. The van der Waals surface area contributed by atoms with Crippen molar-refractivity contribution >= 4 is 15.9 Å². The van der Waals surface area contributed by atoms with E-state index in [0.717, 1.165) is 22.2 Å². The molecule has 0 aliphatic carbocycles. The maximum Gasteiger partial charge on any atom is 0.133 e. The van der Waals surface area contributed by atoms with Crippen molar-refractivity contribution in [3.05, 3.63) is 27.7 Å². The van der Waals surface area contributed by atoms with E-state index in [9.17, 15) is 0 Å². The van der Waals surface area contributed by atoms with E-state index in [0.29, 0.717) is 0 Å². The average Bonchev–Trinajstić information content (AvgIpc) is 2.18. The van der Waals surface area contributed by atoms with Gasteiger partial charge < -0.3 is 9.84 Å². The molecule has 1 aromatic rings. The molecule has 1 aromatic carbocycles. The van der Waals surface area contributed by atoms with Gasteiger partial charge in [0.2, 0.25) is 0 Å². The third-order valence-corrected chi connectivity index (χ3v) is 2.87. The van der Waals surface area contributed by atoms with Gasteiger partial charge in [0.1, 0.15) is 5.75 Å². The normalized spacial score (nSPS) is 10.2. The van der Waals surface area contributed by atoms with Gasteiger partial charge in [0.05, 0.1) is 18.2 Å². The summed E-state index contributed by atoms with van der Waals surface area (Å²) < 4.78 is 6.01. The molecule has 0 atom stereocenters. The Bertz CT molecular complexity index is 272. The zero-order valence-electron chi connectivity index (χ0n) is 7.80. The Hall–Kier alpha value is -0.540. The SMILES string of the molecule is CCc1cc(CO)c(Br)c(OC)c1. The maximum absolute atomic E-state index is 9.07. The Labute approximate surface area is 86.7 Å². The topological polar surface area (TPSA) is 29.5 Å². The molecular weight excluding hydrogens is 232 g/mol. The second-order valence-corrected chi connectivity index (χ2v) is 3.58. The number of hydrogen-bond acceptors (Lipinski definition) is 2. The summed E-state index contributed by atoms with van der Waals surface area (Å²) in [4.78, 5) is 0. The monoisotopic (exact) mass is 244 g/mol. The van der Waals surface area contributed by atoms with Crippen LogP contribution in [0.2, 0.25) is 0 Å². The van der Waals surface area contributed by atoms with Crippen LogP contribution in [0.25, 0.3) is 0 Å². The van der Waals surface area contributed by atoms with Gasteiger partial charge >= 0.3 is 0 Å². The molecular formula is C10H13BrO2. The smallest absolute Gasteiger partial charge is 0.133 e. The molecule has 2 nitrogen and oxygen atoms in total. The third-order valence-electron chi connectivity index (χ3n) is 1.97. The van der Waals surface area contributed by atoms with E-state index in [4.69, 9.17) is 9.84 Å². The van der Waals surface area contributed by atoms with Gasteiger partial charge in [0.15, 0.2) is 0 Å². The number of rotatable bonds is 3. The van der Waals surface area contributed by atoms with Crippen molar-refractivity contribution in [2.24, 2.45) is 0 Å². The lowest BCUT2D eigenvalue weighted by Crippen LogP contribution is -1.94. The summed E-state index contributed by atoms with van der Waals surface area (Å²) in [6.07, 6.45) is 0.941. The standard InChI is InChI=1S/C10H13BrO2/c1-3-7-4-8(6-12)10(11)9(5-7)13-2/h4-5,12H,3,6H2,1-2H3. The quantitative estimate of drug-likeness (QED) is 0.886. The Kier molecular flexibility index (Phi) is 3.75. The minimum absolute atomic E-state index is 0.0325. The molecule has 0 fully saturated rings. The number of methoxy groups -OCH3 is 1. The van der Waals surface area contributed by atoms with Crippen LogP contribution in [-0.4, -0.2) is 12.2 Å². The summed E-state index contributed by atoms with van der Waals surface area (Å²) in [5.74, 6) is 0.781. The number of aryl methyl sites for hydroxylation is 1. The molecule has 0 saturated heterocycles. The summed E-state index contributed by atoms with van der Waals surface area (Å²) in [5.41, 5.74) is 2.04. The highest BCUT2D eigenvalue weighted by Crippen LogP contribution is 2.30. The van der Waals surface area contributed by atoms with Gasteiger partial charge in [-0.1, -0.05) is 13.0 Å². The van der Waals surface area contributed by atoms with Crippen LogP contribution in [0.15, 0.2) is 16.6 Å². The molecule has 1 N–H and O–H groups in total. The second kappa shape index (κ2) is 4.63. The fourth-order valence-corrected chi connectivity index (χ4v) is 1.70. The van der Waals surface area contributed by atoms with Gasteiger partial charge in [-0.15, -0.1) is 0 Å². The van der Waals surface area contributed by atoms with Crippen LogP contribution >= 0.6 is 15.9 Å². The van der Waals surface area contributed by atoms with Crippen molar-refractivity contribution in [1.29, 1.82) is 0 Å². The lowest BCUT2D eigenvalue weighted by atomic mass is 10.1. The summed E-state index contributed by atoms with van der Waals surface area (Å²) in [7, 11) is 1.63. The Balaban J connectivity index is 3.20. The minimum atomic E-state index is 0.0325. The first-order valence-corrected chi connectivity index (χ1v) is 4.98. The van der Waals surface area contributed by atoms with E-state index >= 15 is 0 Å². The molecule has 0 aliphatic heterocycles. The fourth-order valence-electron chi connectivity index (χ4n) is 1.19. The molecule has 0 heterocycles. The Morgan fingerprint density at radius 1 is 1.46 bits per heavy atom. The molecule has 0 bridgehead atoms. The first-order valence-electron chi connectivity index (χ1n) is 4.19. The molecule has 13 heavy (non-hydrogen) atoms. The minimum Gasteiger partial charge on any atom is -0.496 e. The van der Waals surface area contributed by atoms with Crippen LogP contribution in [0.4, 0.5) is 0 Å². The number of aliphatic hydroxyl groups excluding tert-OH is 1. The van der Waals surface area contributed by atoms with Gasteiger partial charge in [-0.05, 0) is 39.5 Å². The molecule has 0 amide bonds. The van der Waals surface area contributed by atoms with E-state index in [-0.39, 0.29) is 6.61 Å². The number of halogens is 1. The van der Waals surface area contributed by atoms with Crippen LogP contribution in [-0.2, 0) is 13.0 Å². The highest BCUT2D eigenvalue weighted by Gasteiger charge is 2.07. The first-order chi connectivity index (χ1) is 6.22. The average molecular weight is 245 g/mol. The number of ether oxygens (including phenoxy) is 1. The van der Waals surface area contributed by atoms with Gasteiger partial charge in [-0.25, -0.2) is 0 Å². The van der Waals surface area contributed by atoms with Crippen molar-refractivity contribution in [2.45, 2.75) is 20.0 Å². The van der Waals surface area contributed by atoms with Gasteiger partial charge in [-0.2, -0.15) is 0 Å². The lowest BCUT2D eigenvalue weighted by molar-refractivity contribution is 0.280. The fraction of sp³-hybridized carbons (Fsp3) is 0.400. The van der Waals surface area contributed by atoms with Crippen molar-refractivity contribution in [2.75, 3.05) is 7.11 Å². The molecule has 0 radical (unpaired) electrons. The molecule has 0 aliphatic rings. The van der Waals surface area contributed by atoms with Gasteiger partial charge in [0, 0.05) is 0 Å². The zero-order valence-corrected chi connectivity index (χ0v) is 9.39. The Morgan fingerprint density at radius 3 is 2.62 bits per heavy atom. The van der Waals surface area contributed by atoms with Crippen molar-refractivity contribution in [1.82, 2.24) is 0 Å². The van der Waals surface area contributed by atoms with Crippen LogP contribution in [0, 0.1) is 0 Å². The molecule has 0 spiro atoms. The van der Waals surface area contributed by atoms with E-state index in [1.165, 1.54) is 5.56 Å². The third kappa shape index (κ3) is 2.23. The van der Waals surface area contributed by atoms with E-state index in [1.54, 1.807) is 7.11 Å². The number of aliphatic hydroxyl groups is 1. The summed E-state index contributed by atoms with van der Waals surface area (Å²) in [5, 5.41) is 9.07. The largest absolute Gasteiger partial charge is 0.496 e. The van der Waals surface area contributed by atoms with Crippen molar-refractivity contribution in [3.8, 4) is 5.75 Å². The molecule has 3 heteroatoms. The van der Waals surface area contributed by atoms with Crippen LogP contribution in [0.1, 0.15) is 18.1 Å². The maximum atomic E-state index is 9.07. The highest BCUT2D eigenvalue weighted by atomic mass is 79.9. The molecule has 72 valence electrons. The summed E-state index contributed by atoms with van der Waals surface area (Å²) in [6.45, 7) is 2.11. The summed E-state index contributed by atoms with van der Waals surface area (Å²) >= 11 is 3.38. The van der Waals surface area contributed by atoms with Gasteiger partial charge in [0.25, 0.3) is 0 Å². The zero-order chi connectivity index (χ0) is 9.84. The van der Waals surface area contributed by atoms with E-state index in [2.05, 4.69) is 22.9 Å². The molecule has 0 saturated carbocycles. The highest BCUT2D eigenvalue weighted by molar-refractivity contribution is 9.10. The molecule has 0 unspecified atom stereocenters. The first kappa shape index (κ1) is 10.5. The Morgan fingerprint density at radius 2 is 2.15 bits per heavy atom. The van der Waals surface area contributed by atoms with Gasteiger partial charge in [-0.3, -0.25) is 0 Å². The summed E-state index contributed by atoms with van der Waals surface area (Å²) in [6, 6.07) is 3.95. The molecule has 1 rings (SSSR count). The van der Waals surface area contributed by atoms with Crippen LogP contribution in [0.5, 0.6) is 5.75 Å². The molecule has 0 aromatic heterocycles. The van der Waals surface area contributed by atoms with Crippen LogP contribution < -0.4 is 4.74 Å². The number of benzene rings is 1. The van der Waals surface area contributed by atoms with E-state index < -0.39 is 0 Å². The second-order valence-electron chi connectivity index (χ2n) is 2.78. The van der Waals surface area contributed by atoms with Crippen molar-refractivity contribution in [3.63, 3.8) is 0 Å². The lowest BCUT2D eigenvalue weighted by Gasteiger charge is -2.09. The van der Waals surface area contributed by atoms with Crippen LogP contribution in [0.3, 0.4) is 0 Å². The predicted octanol–water partition coefficient (Wildman–Crippen LogP) is 2.51. The number of hydrogen-bond donors (Lipinski definition) is 1.